The number of methoxy groups -OCH3 is 1. The summed E-state index contributed by atoms with van der Waals surface area (Å²) in [5.41, 5.74) is 0.989. The Morgan fingerprint density at radius 2 is 1.95 bits per heavy atom. The Morgan fingerprint density at radius 3 is 2.48 bits per heavy atom. The van der Waals surface area contributed by atoms with Crippen LogP contribution in [0.4, 0.5) is 0 Å². The Morgan fingerprint density at radius 1 is 1.24 bits per heavy atom. The Kier molecular flexibility index (Phi) is 5.65. The third kappa shape index (κ3) is 4.48. The van der Waals surface area contributed by atoms with Crippen molar-refractivity contribution in [3.63, 3.8) is 0 Å². The van der Waals surface area contributed by atoms with Crippen molar-refractivity contribution < 1.29 is 9.53 Å². The predicted octanol–water partition coefficient (Wildman–Crippen LogP) is 4.00. The van der Waals surface area contributed by atoms with Crippen molar-refractivity contribution in [2.45, 2.75) is 19.9 Å². The average Bonchev–Trinajstić information content (AvgIpc) is 2.90. The number of halogens is 1. The van der Waals surface area contributed by atoms with Crippen LogP contribution < -0.4 is 4.74 Å². The lowest BCUT2D eigenvalue weighted by atomic mass is 10.1. The summed E-state index contributed by atoms with van der Waals surface area (Å²) in [5, 5.41) is 0. The Labute approximate surface area is 134 Å². The first kappa shape index (κ1) is 15.9. The smallest absolute Gasteiger partial charge is 0.227 e. The first-order valence-corrected chi connectivity index (χ1v) is 7.96. The number of likely N-dealkylation sites (N-methyl/N-ethyl adjacent to an activating group) is 1. The van der Waals surface area contributed by atoms with E-state index in [0.717, 1.165) is 20.5 Å². The molecule has 0 radical (unpaired) electrons. The Hall–Kier alpha value is -1.52. The number of thiophene rings is 1. The summed E-state index contributed by atoms with van der Waals surface area (Å²) in [6.45, 7) is 3.29. The minimum Gasteiger partial charge on any atom is -0.497 e. The van der Waals surface area contributed by atoms with Crippen LogP contribution in [-0.4, -0.2) is 24.5 Å². The van der Waals surface area contributed by atoms with Gasteiger partial charge in [-0.05, 0) is 36.8 Å². The molecule has 0 aliphatic carbocycles. The topological polar surface area (TPSA) is 29.5 Å². The molecule has 2 aromatic rings. The fourth-order valence-corrected chi connectivity index (χ4v) is 3.13. The fourth-order valence-electron chi connectivity index (χ4n) is 2.03. The molecular formula is C16H18ClNO2S. The van der Waals surface area contributed by atoms with Crippen LogP contribution in [0.2, 0.25) is 4.34 Å². The number of nitrogens with zero attached hydrogens (tertiary/aromatic N) is 1. The molecular weight excluding hydrogens is 306 g/mol. The van der Waals surface area contributed by atoms with Gasteiger partial charge in [-0.25, -0.2) is 0 Å². The van der Waals surface area contributed by atoms with E-state index >= 15 is 0 Å². The van der Waals surface area contributed by atoms with Crippen molar-refractivity contribution in [2.24, 2.45) is 0 Å². The molecule has 5 heteroatoms. The van der Waals surface area contributed by atoms with Crippen molar-refractivity contribution in [1.29, 1.82) is 0 Å². The molecule has 0 unspecified atom stereocenters. The summed E-state index contributed by atoms with van der Waals surface area (Å²) in [5.74, 6) is 0.916. The minimum absolute atomic E-state index is 0.118. The van der Waals surface area contributed by atoms with Gasteiger partial charge in [0.15, 0.2) is 0 Å². The van der Waals surface area contributed by atoms with E-state index in [-0.39, 0.29) is 5.91 Å². The highest BCUT2D eigenvalue weighted by molar-refractivity contribution is 7.16. The second kappa shape index (κ2) is 7.48. The van der Waals surface area contributed by atoms with Gasteiger partial charge < -0.3 is 9.64 Å². The molecule has 1 heterocycles. The molecule has 0 saturated heterocycles. The van der Waals surface area contributed by atoms with Crippen LogP contribution in [0, 0.1) is 0 Å². The van der Waals surface area contributed by atoms with Crippen molar-refractivity contribution in [3.8, 4) is 5.75 Å². The lowest BCUT2D eigenvalue weighted by molar-refractivity contribution is -0.130. The van der Waals surface area contributed by atoms with E-state index in [9.17, 15) is 4.79 Å². The zero-order valence-electron chi connectivity index (χ0n) is 12.1. The first-order chi connectivity index (χ1) is 10.1. The van der Waals surface area contributed by atoms with Crippen LogP contribution in [-0.2, 0) is 17.8 Å². The number of ether oxygens (including phenoxy) is 1. The van der Waals surface area contributed by atoms with Crippen LogP contribution in [0.3, 0.4) is 0 Å². The van der Waals surface area contributed by atoms with E-state index in [1.165, 1.54) is 11.3 Å². The summed E-state index contributed by atoms with van der Waals surface area (Å²) in [7, 11) is 1.63. The van der Waals surface area contributed by atoms with Gasteiger partial charge in [0.25, 0.3) is 0 Å². The summed E-state index contributed by atoms with van der Waals surface area (Å²) in [6.07, 6.45) is 0.400. The second-order valence-corrected chi connectivity index (χ2v) is 6.44. The van der Waals surface area contributed by atoms with Gasteiger partial charge in [-0.1, -0.05) is 23.7 Å². The normalized spacial score (nSPS) is 10.4. The molecule has 21 heavy (non-hydrogen) atoms. The molecule has 0 N–H and O–H groups in total. The summed E-state index contributed by atoms with van der Waals surface area (Å²) >= 11 is 7.44. The maximum Gasteiger partial charge on any atom is 0.227 e. The number of benzene rings is 1. The van der Waals surface area contributed by atoms with Crippen LogP contribution in [0.5, 0.6) is 5.75 Å². The van der Waals surface area contributed by atoms with Crippen molar-refractivity contribution in [2.75, 3.05) is 13.7 Å². The molecule has 0 aliphatic heterocycles. The van der Waals surface area contributed by atoms with E-state index in [2.05, 4.69) is 0 Å². The SMILES string of the molecule is CCN(Cc1ccc(Cl)s1)C(=O)Cc1ccc(OC)cc1. The van der Waals surface area contributed by atoms with Gasteiger partial charge in [0.2, 0.25) is 5.91 Å². The summed E-state index contributed by atoms with van der Waals surface area (Å²) < 4.78 is 5.87. The molecule has 1 aromatic carbocycles. The van der Waals surface area contributed by atoms with Gasteiger partial charge >= 0.3 is 0 Å². The highest BCUT2D eigenvalue weighted by Crippen LogP contribution is 2.23. The molecule has 3 nitrogen and oxygen atoms in total. The molecule has 0 fully saturated rings. The lowest BCUT2D eigenvalue weighted by Crippen LogP contribution is -2.31. The molecule has 0 saturated carbocycles. The molecule has 0 aliphatic rings. The number of rotatable bonds is 6. The van der Waals surface area contributed by atoms with Gasteiger partial charge in [0.1, 0.15) is 5.75 Å². The van der Waals surface area contributed by atoms with Crippen LogP contribution in [0.25, 0.3) is 0 Å². The third-order valence-corrected chi connectivity index (χ3v) is 4.44. The van der Waals surface area contributed by atoms with E-state index < -0.39 is 0 Å². The maximum atomic E-state index is 12.4. The van der Waals surface area contributed by atoms with Crippen LogP contribution in [0.15, 0.2) is 36.4 Å². The summed E-state index contributed by atoms with van der Waals surface area (Å²) in [6, 6.07) is 11.4. The van der Waals surface area contributed by atoms with Gasteiger partial charge in [0.05, 0.1) is 24.4 Å². The highest BCUT2D eigenvalue weighted by Gasteiger charge is 2.14. The predicted molar refractivity (Wildman–Crippen MR) is 87.1 cm³/mol. The zero-order valence-corrected chi connectivity index (χ0v) is 13.7. The first-order valence-electron chi connectivity index (χ1n) is 6.77. The lowest BCUT2D eigenvalue weighted by Gasteiger charge is -2.20. The fraction of sp³-hybridized carbons (Fsp3) is 0.312. The molecule has 0 bridgehead atoms. The highest BCUT2D eigenvalue weighted by atomic mass is 35.5. The average molecular weight is 324 g/mol. The number of hydrogen-bond donors (Lipinski definition) is 0. The van der Waals surface area contributed by atoms with Gasteiger partial charge in [-0.2, -0.15) is 0 Å². The van der Waals surface area contributed by atoms with E-state index in [1.54, 1.807) is 7.11 Å². The Bertz CT molecular complexity index is 595. The monoisotopic (exact) mass is 323 g/mol. The Balaban J connectivity index is 1.98. The molecule has 112 valence electrons. The number of carbonyl (C=O) groups is 1. The molecule has 0 spiro atoms. The van der Waals surface area contributed by atoms with Gasteiger partial charge in [-0.15, -0.1) is 11.3 Å². The van der Waals surface area contributed by atoms with E-state index in [4.69, 9.17) is 16.3 Å². The largest absolute Gasteiger partial charge is 0.497 e. The number of carbonyl (C=O) groups excluding carboxylic acids is 1. The van der Waals surface area contributed by atoms with Crippen LogP contribution >= 0.6 is 22.9 Å². The van der Waals surface area contributed by atoms with Crippen LogP contribution in [0.1, 0.15) is 17.4 Å². The zero-order chi connectivity index (χ0) is 15.2. The number of amides is 1. The summed E-state index contributed by atoms with van der Waals surface area (Å²) in [4.78, 5) is 15.3. The van der Waals surface area contributed by atoms with E-state index in [0.29, 0.717) is 19.5 Å². The standard InChI is InChI=1S/C16H18ClNO2S/c1-3-18(11-14-8-9-15(17)21-14)16(19)10-12-4-6-13(20-2)7-5-12/h4-9H,3,10-11H2,1-2H3. The third-order valence-electron chi connectivity index (χ3n) is 3.22. The molecule has 2 rings (SSSR count). The van der Waals surface area contributed by atoms with E-state index in [1.807, 2.05) is 48.2 Å². The maximum absolute atomic E-state index is 12.4. The van der Waals surface area contributed by atoms with Crippen molar-refractivity contribution in [3.05, 3.63) is 51.2 Å². The van der Waals surface area contributed by atoms with Crippen molar-refractivity contribution >= 4 is 28.8 Å². The quantitative estimate of drug-likeness (QED) is 0.804. The van der Waals surface area contributed by atoms with Crippen molar-refractivity contribution in [1.82, 2.24) is 4.90 Å². The minimum atomic E-state index is 0.118. The van der Waals surface area contributed by atoms with Gasteiger partial charge in [0, 0.05) is 11.4 Å². The van der Waals surface area contributed by atoms with Gasteiger partial charge in [-0.3, -0.25) is 4.79 Å². The molecule has 1 aromatic heterocycles. The molecule has 0 atom stereocenters. The molecule has 1 amide bonds. The number of hydrogen-bond acceptors (Lipinski definition) is 3. The second-order valence-electron chi connectivity index (χ2n) is 4.64.